The van der Waals surface area contributed by atoms with Crippen molar-refractivity contribution in [3.63, 3.8) is 0 Å². The van der Waals surface area contributed by atoms with Crippen LogP contribution in [0.2, 0.25) is 0 Å². The Labute approximate surface area is 164 Å². The number of imidazole rings is 1. The van der Waals surface area contributed by atoms with Crippen LogP contribution in [-0.2, 0) is 16.1 Å². The number of hydrogen-bond donors (Lipinski definition) is 1. The summed E-state index contributed by atoms with van der Waals surface area (Å²) in [5.74, 6) is -2.76. The van der Waals surface area contributed by atoms with Crippen molar-refractivity contribution in [2.75, 3.05) is 19.7 Å². The zero-order valence-corrected chi connectivity index (χ0v) is 16.0. The summed E-state index contributed by atoms with van der Waals surface area (Å²) < 4.78 is 40.2. The van der Waals surface area contributed by atoms with Crippen molar-refractivity contribution in [2.24, 2.45) is 0 Å². The van der Waals surface area contributed by atoms with Gasteiger partial charge in [-0.25, -0.2) is 9.78 Å². The number of aromatic nitrogens is 2. The predicted molar refractivity (Wildman–Crippen MR) is 97.1 cm³/mol. The summed E-state index contributed by atoms with van der Waals surface area (Å²) in [5.41, 5.74) is 0.0600. The first-order valence-electron chi connectivity index (χ1n) is 8.94. The van der Waals surface area contributed by atoms with E-state index < -0.39 is 12.1 Å². The maximum absolute atomic E-state index is 10.6. The molecule has 0 bridgehead atoms. The zero-order valence-electron chi connectivity index (χ0n) is 15.1. The van der Waals surface area contributed by atoms with Gasteiger partial charge in [-0.2, -0.15) is 13.2 Å². The van der Waals surface area contributed by atoms with Crippen molar-refractivity contribution < 1.29 is 27.8 Å². The zero-order chi connectivity index (χ0) is 20.2. The van der Waals surface area contributed by atoms with Crippen molar-refractivity contribution in [1.82, 2.24) is 14.5 Å². The van der Waals surface area contributed by atoms with Gasteiger partial charge in [-0.15, -0.1) is 11.3 Å². The number of halogens is 3. The second-order valence-electron chi connectivity index (χ2n) is 7.06. The SMILES string of the molecule is O=C(O)C(F)(F)F.c1csc(CN2CCCC3(CC(n4ccnc4)CO3)C2)c1. The fraction of sp³-hybridized carbons (Fsp3) is 0.556. The highest BCUT2D eigenvalue weighted by atomic mass is 32.1. The van der Waals surface area contributed by atoms with E-state index in [-0.39, 0.29) is 5.60 Å². The third-order valence-electron chi connectivity index (χ3n) is 4.96. The average molecular weight is 417 g/mol. The van der Waals surface area contributed by atoms with E-state index in [0.717, 1.165) is 26.1 Å². The number of nitrogens with zero attached hydrogens (tertiary/aromatic N) is 3. The minimum Gasteiger partial charge on any atom is -0.475 e. The van der Waals surface area contributed by atoms with Crippen molar-refractivity contribution in [1.29, 1.82) is 0 Å². The topological polar surface area (TPSA) is 67.6 Å². The molecule has 2 unspecified atom stereocenters. The first-order chi connectivity index (χ1) is 13.3. The van der Waals surface area contributed by atoms with E-state index in [1.54, 1.807) is 0 Å². The number of carbonyl (C=O) groups is 1. The summed E-state index contributed by atoms with van der Waals surface area (Å²) in [6.07, 6.45) is 4.29. The summed E-state index contributed by atoms with van der Waals surface area (Å²) in [7, 11) is 0. The number of alkyl halides is 3. The number of ether oxygens (including phenoxy) is 1. The Morgan fingerprint density at radius 1 is 1.46 bits per heavy atom. The van der Waals surface area contributed by atoms with Crippen molar-refractivity contribution in [3.8, 4) is 0 Å². The molecule has 0 radical (unpaired) electrons. The van der Waals surface area contributed by atoms with Gasteiger partial charge in [0.2, 0.25) is 0 Å². The predicted octanol–water partition coefficient (Wildman–Crippen LogP) is 3.57. The molecule has 4 heterocycles. The van der Waals surface area contributed by atoms with E-state index in [1.165, 1.54) is 24.3 Å². The van der Waals surface area contributed by atoms with Crippen LogP contribution in [0.4, 0.5) is 13.2 Å². The molecule has 2 aromatic rings. The van der Waals surface area contributed by atoms with E-state index >= 15 is 0 Å². The summed E-state index contributed by atoms with van der Waals surface area (Å²) >= 11 is 1.85. The van der Waals surface area contributed by atoms with Gasteiger partial charge in [0.25, 0.3) is 0 Å². The normalized spacial score (nSPS) is 25.5. The lowest BCUT2D eigenvalue weighted by atomic mass is 9.88. The summed E-state index contributed by atoms with van der Waals surface area (Å²) in [5, 5.41) is 9.29. The number of carboxylic acid groups (broad SMARTS) is 1. The van der Waals surface area contributed by atoms with E-state index in [9.17, 15) is 13.2 Å². The molecule has 2 atom stereocenters. The Morgan fingerprint density at radius 3 is 2.86 bits per heavy atom. The molecule has 0 amide bonds. The van der Waals surface area contributed by atoms with Gasteiger partial charge in [0.05, 0.1) is 24.6 Å². The molecule has 10 heteroatoms. The second-order valence-corrected chi connectivity index (χ2v) is 8.09. The molecule has 2 aliphatic rings. The quantitative estimate of drug-likeness (QED) is 0.827. The van der Waals surface area contributed by atoms with Crippen molar-refractivity contribution in [3.05, 3.63) is 41.1 Å². The largest absolute Gasteiger partial charge is 0.490 e. The Kier molecular flexibility index (Phi) is 6.41. The third kappa shape index (κ3) is 5.33. The lowest BCUT2D eigenvalue weighted by Crippen LogP contribution is -2.47. The van der Waals surface area contributed by atoms with E-state index in [2.05, 4.69) is 38.2 Å². The second kappa shape index (κ2) is 8.62. The maximum Gasteiger partial charge on any atom is 0.490 e. The van der Waals surface area contributed by atoms with Gasteiger partial charge in [0.1, 0.15) is 0 Å². The van der Waals surface area contributed by atoms with Crippen LogP contribution < -0.4 is 0 Å². The fourth-order valence-electron chi connectivity index (χ4n) is 3.73. The molecule has 1 N–H and O–H groups in total. The number of piperidine rings is 1. The highest BCUT2D eigenvalue weighted by molar-refractivity contribution is 7.09. The molecule has 2 fully saturated rings. The highest BCUT2D eigenvalue weighted by Crippen LogP contribution is 2.39. The van der Waals surface area contributed by atoms with Gasteiger partial charge < -0.3 is 14.4 Å². The molecule has 2 saturated heterocycles. The lowest BCUT2D eigenvalue weighted by molar-refractivity contribution is -0.192. The summed E-state index contributed by atoms with van der Waals surface area (Å²) in [6, 6.07) is 4.82. The van der Waals surface area contributed by atoms with Gasteiger partial charge in [0, 0.05) is 36.8 Å². The maximum atomic E-state index is 10.6. The molecule has 6 nitrogen and oxygen atoms in total. The van der Waals surface area contributed by atoms with Crippen LogP contribution in [0.25, 0.3) is 0 Å². The van der Waals surface area contributed by atoms with Crippen LogP contribution in [0.1, 0.15) is 30.2 Å². The molecular formula is C18H22F3N3O3S. The van der Waals surface area contributed by atoms with Gasteiger partial charge in [-0.1, -0.05) is 6.07 Å². The Bertz CT molecular complexity index is 752. The summed E-state index contributed by atoms with van der Waals surface area (Å²) in [4.78, 5) is 17.1. The molecule has 0 aromatic carbocycles. The number of likely N-dealkylation sites (tertiary alicyclic amines) is 1. The smallest absolute Gasteiger partial charge is 0.475 e. The standard InChI is InChI=1S/C16H21N3OS.C2HF3O2/c1-3-15(21-8-1)10-18-6-2-4-16(12-18)9-14(11-20-16)19-7-5-17-13-19;3-2(4,5)1(6)7/h1,3,5,7-8,13-14H,2,4,6,9-12H2;(H,6,7). The molecule has 2 aromatic heterocycles. The van der Waals surface area contributed by atoms with E-state index in [1.807, 2.05) is 23.9 Å². The first kappa shape index (κ1) is 20.8. The number of aliphatic carboxylic acids is 1. The molecular weight excluding hydrogens is 395 g/mol. The molecule has 28 heavy (non-hydrogen) atoms. The number of hydrogen-bond acceptors (Lipinski definition) is 5. The number of thiophene rings is 1. The van der Waals surface area contributed by atoms with Crippen LogP contribution in [0.3, 0.4) is 0 Å². The highest BCUT2D eigenvalue weighted by Gasteiger charge is 2.43. The van der Waals surface area contributed by atoms with Crippen LogP contribution in [0.5, 0.6) is 0 Å². The Morgan fingerprint density at radius 2 is 2.25 bits per heavy atom. The van der Waals surface area contributed by atoms with Gasteiger partial charge in [-0.3, -0.25) is 4.90 Å². The molecule has 2 aliphatic heterocycles. The van der Waals surface area contributed by atoms with E-state index in [0.29, 0.717) is 6.04 Å². The molecule has 1 spiro atoms. The van der Waals surface area contributed by atoms with Crippen LogP contribution >= 0.6 is 11.3 Å². The van der Waals surface area contributed by atoms with Crippen LogP contribution in [-0.4, -0.2) is 57.0 Å². The number of rotatable bonds is 3. The third-order valence-corrected chi connectivity index (χ3v) is 5.82. The van der Waals surface area contributed by atoms with Crippen molar-refractivity contribution in [2.45, 2.75) is 43.6 Å². The van der Waals surface area contributed by atoms with E-state index in [4.69, 9.17) is 14.6 Å². The summed E-state index contributed by atoms with van der Waals surface area (Å²) in [6.45, 7) is 4.15. The minimum absolute atomic E-state index is 0.0600. The minimum atomic E-state index is -5.08. The van der Waals surface area contributed by atoms with Crippen LogP contribution in [0, 0.1) is 0 Å². The first-order valence-corrected chi connectivity index (χ1v) is 9.82. The molecule has 4 rings (SSSR count). The van der Waals surface area contributed by atoms with Gasteiger partial charge in [-0.05, 0) is 30.8 Å². The Balaban J connectivity index is 0.000000279. The van der Waals surface area contributed by atoms with Gasteiger partial charge >= 0.3 is 12.1 Å². The fourth-order valence-corrected chi connectivity index (χ4v) is 4.48. The number of carboxylic acids is 1. The average Bonchev–Trinajstić information content (AvgIpc) is 3.37. The van der Waals surface area contributed by atoms with Gasteiger partial charge in [0.15, 0.2) is 0 Å². The molecule has 0 saturated carbocycles. The monoisotopic (exact) mass is 417 g/mol. The molecule has 0 aliphatic carbocycles. The lowest BCUT2D eigenvalue weighted by Gasteiger charge is -2.39. The molecule has 154 valence electrons. The Hall–Kier alpha value is -1.91. The van der Waals surface area contributed by atoms with Crippen molar-refractivity contribution >= 4 is 17.3 Å². The van der Waals surface area contributed by atoms with Crippen LogP contribution in [0.15, 0.2) is 36.2 Å².